The third-order valence-electron chi connectivity index (χ3n) is 5.32. The number of benzene rings is 1. The van der Waals surface area contributed by atoms with Gasteiger partial charge in [0.25, 0.3) is 0 Å². The minimum atomic E-state index is -0.499. The molecule has 2 aromatic rings. The maximum absolute atomic E-state index is 13.2. The third kappa shape index (κ3) is 1.68. The molecular weight excluding hydrogens is 320 g/mol. The molecule has 24 heavy (non-hydrogen) atoms. The van der Waals surface area contributed by atoms with E-state index in [0.717, 1.165) is 39.7 Å². The van der Waals surface area contributed by atoms with E-state index >= 15 is 0 Å². The number of aromatic nitrogens is 1. The van der Waals surface area contributed by atoms with Crippen molar-refractivity contribution in [1.29, 1.82) is 0 Å². The molecule has 2 aliphatic heterocycles. The number of ether oxygens (including phenoxy) is 1. The number of Topliss-reactive ketones (excluding diaryl/α,β-unsaturated/α-hetero) is 1. The zero-order chi connectivity index (χ0) is 16.5. The molecule has 0 fully saturated rings. The Bertz CT molecular complexity index is 912. The standard InChI is InChI=1S/C19H18N2O2S/c1-18(2)7-12-15(13(22)8-18)19(16-17(21-12)20-10-24-16)9-23-14-6-4-3-5-11(14)19/h3-6,10,21H,7-9H2,1-2H3. The number of nitrogens with zero attached hydrogens (tertiary/aromatic N) is 1. The van der Waals surface area contributed by atoms with Crippen LogP contribution in [0.25, 0.3) is 0 Å². The fraction of sp³-hybridized carbons (Fsp3) is 0.368. The van der Waals surface area contributed by atoms with Gasteiger partial charge in [-0.25, -0.2) is 4.98 Å². The van der Waals surface area contributed by atoms with Crippen LogP contribution in [0.5, 0.6) is 5.75 Å². The van der Waals surface area contributed by atoms with E-state index in [0.29, 0.717) is 13.0 Å². The molecule has 1 N–H and O–H groups in total. The number of nitrogens with one attached hydrogen (secondary N) is 1. The van der Waals surface area contributed by atoms with Crippen LogP contribution in [-0.4, -0.2) is 17.4 Å². The number of anilines is 1. The summed E-state index contributed by atoms with van der Waals surface area (Å²) in [6.07, 6.45) is 1.43. The Morgan fingerprint density at radius 2 is 2.08 bits per heavy atom. The van der Waals surface area contributed by atoms with Gasteiger partial charge in [-0.1, -0.05) is 32.0 Å². The molecule has 4 nitrogen and oxygen atoms in total. The number of hydrogen-bond donors (Lipinski definition) is 1. The van der Waals surface area contributed by atoms with E-state index in [9.17, 15) is 4.79 Å². The van der Waals surface area contributed by atoms with Crippen LogP contribution in [-0.2, 0) is 10.2 Å². The second-order valence-electron chi connectivity index (χ2n) is 7.64. The van der Waals surface area contributed by atoms with Crippen molar-refractivity contribution in [3.63, 3.8) is 0 Å². The Morgan fingerprint density at radius 3 is 2.96 bits per heavy atom. The first-order chi connectivity index (χ1) is 11.5. The predicted molar refractivity (Wildman–Crippen MR) is 93.5 cm³/mol. The monoisotopic (exact) mass is 338 g/mol. The normalized spacial score (nSPS) is 26.5. The molecule has 1 aromatic heterocycles. The molecule has 1 atom stereocenters. The summed E-state index contributed by atoms with van der Waals surface area (Å²) in [5, 5.41) is 3.45. The van der Waals surface area contributed by atoms with Crippen LogP contribution in [0.15, 0.2) is 41.0 Å². The van der Waals surface area contributed by atoms with Crippen LogP contribution in [0.4, 0.5) is 5.82 Å². The number of carbonyl (C=O) groups excluding carboxylic acids is 1. The zero-order valence-electron chi connectivity index (χ0n) is 13.7. The number of hydrogen-bond acceptors (Lipinski definition) is 5. The third-order valence-corrected chi connectivity index (χ3v) is 6.31. The summed E-state index contributed by atoms with van der Waals surface area (Å²) in [4.78, 5) is 18.8. The van der Waals surface area contributed by atoms with Gasteiger partial charge in [-0.3, -0.25) is 4.79 Å². The fourth-order valence-electron chi connectivity index (χ4n) is 4.42. The molecule has 3 heterocycles. The van der Waals surface area contributed by atoms with Crippen LogP contribution < -0.4 is 10.1 Å². The number of para-hydroxylation sites is 1. The number of ketones is 1. The highest BCUT2D eigenvalue weighted by Gasteiger charge is 2.55. The minimum absolute atomic E-state index is 0.0311. The van der Waals surface area contributed by atoms with E-state index < -0.39 is 5.41 Å². The van der Waals surface area contributed by atoms with E-state index in [1.807, 2.05) is 23.7 Å². The smallest absolute Gasteiger partial charge is 0.162 e. The topological polar surface area (TPSA) is 51.2 Å². The summed E-state index contributed by atoms with van der Waals surface area (Å²) in [5.41, 5.74) is 4.34. The summed E-state index contributed by atoms with van der Waals surface area (Å²) in [7, 11) is 0. The molecule has 1 unspecified atom stereocenters. The van der Waals surface area contributed by atoms with Crippen molar-refractivity contribution in [2.24, 2.45) is 5.41 Å². The van der Waals surface area contributed by atoms with Crippen LogP contribution in [0.1, 0.15) is 37.1 Å². The number of allylic oxidation sites excluding steroid dienone is 1. The highest BCUT2D eigenvalue weighted by atomic mass is 32.1. The molecule has 0 saturated heterocycles. The Balaban J connectivity index is 1.83. The van der Waals surface area contributed by atoms with Crippen LogP contribution in [0.3, 0.4) is 0 Å². The van der Waals surface area contributed by atoms with Crippen LogP contribution in [0.2, 0.25) is 0 Å². The SMILES string of the molecule is CC1(C)CC(=O)C2=C(C1)Nc1ncsc1C21COc2ccccc21. The van der Waals surface area contributed by atoms with E-state index in [2.05, 4.69) is 30.2 Å². The highest BCUT2D eigenvalue weighted by Crippen LogP contribution is 2.57. The summed E-state index contributed by atoms with van der Waals surface area (Å²) in [6.45, 7) is 4.78. The number of thiazole rings is 1. The molecular formula is C19H18N2O2S. The average Bonchev–Trinajstić information content (AvgIpc) is 3.12. The molecule has 0 bridgehead atoms. The summed E-state index contributed by atoms with van der Waals surface area (Å²) >= 11 is 1.60. The molecule has 122 valence electrons. The molecule has 5 rings (SSSR count). The Morgan fingerprint density at radius 1 is 1.25 bits per heavy atom. The van der Waals surface area contributed by atoms with Gasteiger partial charge < -0.3 is 10.1 Å². The average molecular weight is 338 g/mol. The molecule has 1 aromatic carbocycles. The number of carbonyl (C=O) groups is 1. The van der Waals surface area contributed by atoms with E-state index in [-0.39, 0.29) is 11.2 Å². The number of rotatable bonds is 0. The lowest BCUT2D eigenvalue weighted by atomic mass is 9.64. The van der Waals surface area contributed by atoms with E-state index in [4.69, 9.17) is 4.74 Å². The first-order valence-electron chi connectivity index (χ1n) is 8.21. The van der Waals surface area contributed by atoms with Gasteiger partial charge in [-0.05, 0) is 17.9 Å². The summed E-state index contributed by atoms with van der Waals surface area (Å²) < 4.78 is 6.03. The van der Waals surface area contributed by atoms with E-state index in [1.165, 1.54) is 0 Å². The molecule has 3 aliphatic rings. The Kier molecular flexibility index (Phi) is 2.65. The largest absolute Gasteiger partial charge is 0.492 e. The minimum Gasteiger partial charge on any atom is -0.492 e. The quantitative estimate of drug-likeness (QED) is 0.792. The molecule has 0 amide bonds. The lowest BCUT2D eigenvalue weighted by molar-refractivity contribution is -0.118. The van der Waals surface area contributed by atoms with Gasteiger partial charge in [0, 0.05) is 23.3 Å². The maximum Gasteiger partial charge on any atom is 0.162 e. The highest BCUT2D eigenvalue weighted by molar-refractivity contribution is 7.10. The summed E-state index contributed by atoms with van der Waals surface area (Å²) in [5.74, 6) is 1.99. The van der Waals surface area contributed by atoms with Crippen molar-refractivity contribution in [1.82, 2.24) is 4.98 Å². The molecule has 1 aliphatic carbocycles. The molecule has 5 heteroatoms. The van der Waals surface area contributed by atoms with Gasteiger partial charge in [0.05, 0.1) is 10.4 Å². The Labute approximate surface area is 144 Å². The zero-order valence-corrected chi connectivity index (χ0v) is 14.5. The van der Waals surface area contributed by atoms with Crippen molar-refractivity contribution >= 4 is 22.9 Å². The molecule has 1 spiro atoms. The van der Waals surface area contributed by atoms with Gasteiger partial charge in [0.15, 0.2) is 5.78 Å². The Hall–Kier alpha value is -2.14. The van der Waals surface area contributed by atoms with Crippen molar-refractivity contribution < 1.29 is 9.53 Å². The molecule has 0 saturated carbocycles. The van der Waals surface area contributed by atoms with Crippen LogP contribution >= 0.6 is 11.3 Å². The van der Waals surface area contributed by atoms with E-state index in [1.54, 1.807) is 11.3 Å². The summed E-state index contributed by atoms with van der Waals surface area (Å²) in [6, 6.07) is 8.09. The van der Waals surface area contributed by atoms with Crippen molar-refractivity contribution in [3.8, 4) is 5.75 Å². The number of fused-ring (bicyclic) bond motifs is 5. The predicted octanol–water partition coefficient (Wildman–Crippen LogP) is 3.89. The van der Waals surface area contributed by atoms with Gasteiger partial charge >= 0.3 is 0 Å². The van der Waals surface area contributed by atoms with Crippen molar-refractivity contribution in [2.45, 2.75) is 32.1 Å². The van der Waals surface area contributed by atoms with Gasteiger partial charge in [-0.15, -0.1) is 11.3 Å². The second kappa shape index (κ2) is 4.48. The first kappa shape index (κ1) is 14.2. The van der Waals surface area contributed by atoms with Gasteiger partial charge in [0.2, 0.25) is 0 Å². The van der Waals surface area contributed by atoms with Gasteiger partial charge in [0.1, 0.15) is 23.6 Å². The maximum atomic E-state index is 13.2. The first-order valence-corrected chi connectivity index (χ1v) is 9.09. The molecule has 0 radical (unpaired) electrons. The fourth-order valence-corrected chi connectivity index (χ4v) is 5.37. The lowest BCUT2D eigenvalue weighted by Gasteiger charge is -2.42. The van der Waals surface area contributed by atoms with Crippen LogP contribution in [0, 0.1) is 5.41 Å². The van der Waals surface area contributed by atoms with Crippen molar-refractivity contribution in [3.05, 3.63) is 51.5 Å². The van der Waals surface area contributed by atoms with Gasteiger partial charge in [-0.2, -0.15) is 0 Å². The second-order valence-corrected chi connectivity index (χ2v) is 8.49. The van der Waals surface area contributed by atoms with Crippen molar-refractivity contribution in [2.75, 3.05) is 11.9 Å². The lowest BCUT2D eigenvalue weighted by Crippen LogP contribution is -2.44.